The molecule has 0 bridgehead atoms. The monoisotopic (exact) mass is 327 g/mol. The van der Waals surface area contributed by atoms with Gasteiger partial charge in [0.05, 0.1) is 25.2 Å². The van der Waals surface area contributed by atoms with Crippen molar-refractivity contribution in [3.8, 4) is 0 Å². The maximum atomic E-state index is 12.5. The van der Waals surface area contributed by atoms with Gasteiger partial charge in [-0.2, -0.15) is 26.3 Å². The number of nitrogens with two attached hydrogens (primary N) is 1. The van der Waals surface area contributed by atoms with Crippen molar-refractivity contribution in [1.29, 1.82) is 0 Å². The molecule has 0 spiro atoms. The smallest absolute Gasteiger partial charge is 0.425 e. The van der Waals surface area contributed by atoms with Crippen molar-refractivity contribution in [1.82, 2.24) is 0 Å². The minimum Gasteiger partial charge on any atom is -0.461 e. The molecular formula is C10H15F6NO4. The predicted molar refractivity (Wildman–Crippen MR) is 57.1 cm³/mol. The minimum absolute atomic E-state index is 0.675. The lowest BCUT2D eigenvalue weighted by Crippen LogP contribution is -2.48. The summed E-state index contributed by atoms with van der Waals surface area (Å²) in [7, 11) is 0. The summed E-state index contributed by atoms with van der Waals surface area (Å²) in [6, 6.07) is 0. The molecule has 0 rings (SSSR count). The highest BCUT2D eigenvalue weighted by Crippen LogP contribution is 2.26. The molecule has 0 aliphatic rings. The van der Waals surface area contributed by atoms with E-state index in [9.17, 15) is 31.1 Å². The Balaban J connectivity index is 4.59. The molecule has 2 unspecified atom stereocenters. The SMILES string of the molecule is CC(N)(CO)COC(=O)C(OCCC(F)(F)F)C(F)(F)F. The highest BCUT2D eigenvalue weighted by Gasteiger charge is 2.48. The molecule has 0 aliphatic carbocycles. The Labute approximate surface area is 116 Å². The molecule has 0 heterocycles. The molecule has 0 amide bonds. The normalized spacial score (nSPS) is 17.2. The molecular weight excluding hydrogens is 312 g/mol. The third kappa shape index (κ3) is 8.73. The number of rotatable bonds is 7. The van der Waals surface area contributed by atoms with E-state index in [2.05, 4.69) is 9.47 Å². The van der Waals surface area contributed by atoms with Crippen LogP contribution in [-0.4, -0.2) is 54.9 Å². The number of carbonyl (C=O) groups excluding carboxylic acids is 1. The zero-order valence-electron chi connectivity index (χ0n) is 10.9. The van der Waals surface area contributed by atoms with Gasteiger partial charge in [-0.15, -0.1) is 0 Å². The number of carbonyl (C=O) groups is 1. The van der Waals surface area contributed by atoms with Gasteiger partial charge in [-0.05, 0) is 6.92 Å². The van der Waals surface area contributed by atoms with Crippen molar-refractivity contribution in [2.75, 3.05) is 19.8 Å². The van der Waals surface area contributed by atoms with Crippen LogP contribution < -0.4 is 5.73 Å². The van der Waals surface area contributed by atoms with Gasteiger partial charge in [0.1, 0.15) is 6.61 Å². The second-order valence-corrected chi connectivity index (χ2v) is 4.58. The highest BCUT2D eigenvalue weighted by molar-refractivity contribution is 5.75. The molecule has 0 saturated carbocycles. The van der Waals surface area contributed by atoms with E-state index in [4.69, 9.17) is 10.8 Å². The summed E-state index contributed by atoms with van der Waals surface area (Å²) >= 11 is 0. The summed E-state index contributed by atoms with van der Waals surface area (Å²) in [5.74, 6) is -1.92. The van der Waals surface area contributed by atoms with Crippen LogP contribution in [-0.2, 0) is 14.3 Å². The molecule has 5 nitrogen and oxygen atoms in total. The second-order valence-electron chi connectivity index (χ2n) is 4.58. The van der Waals surface area contributed by atoms with Gasteiger partial charge < -0.3 is 20.3 Å². The van der Waals surface area contributed by atoms with Gasteiger partial charge in [-0.25, -0.2) is 4.79 Å². The van der Waals surface area contributed by atoms with E-state index < -0.39 is 56.2 Å². The number of ether oxygens (including phenoxy) is 2. The molecule has 0 aromatic carbocycles. The second kappa shape index (κ2) is 7.27. The predicted octanol–water partition coefficient (Wildman–Crippen LogP) is 1.14. The number of halogens is 6. The third-order valence-corrected chi connectivity index (χ3v) is 2.09. The highest BCUT2D eigenvalue weighted by atomic mass is 19.4. The van der Waals surface area contributed by atoms with E-state index in [1.54, 1.807) is 0 Å². The van der Waals surface area contributed by atoms with Gasteiger partial charge in [0.25, 0.3) is 6.10 Å². The fraction of sp³-hybridized carbons (Fsp3) is 0.900. The average Bonchev–Trinajstić information content (AvgIpc) is 2.29. The van der Waals surface area contributed by atoms with Gasteiger partial charge in [0, 0.05) is 0 Å². The molecule has 0 aliphatic heterocycles. The molecule has 126 valence electrons. The average molecular weight is 327 g/mol. The fourth-order valence-electron chi connectivity index (χ4n) is 0.946. The third-order valence-electron chi connectivity index (χ3n) is 2.09. The van der Waals surface area contributed by atoms with Crippen LogP contribution in [0.1, 0.15) is 13.3 Å². The lowest BCUT2D eigenvalue weighted by molar-refractivity contribution is -0.237. The van der Waals surface area contributed by atoms with E-state index in [1.807, 2.05) is 0 Å². The first-order chi connectivity index (χ1) is 9.28. The van der Waals surface area contributed by atoms with E-state index in [1.165, 1.54) is 6.92 Å². The zero-order valence-corrected chi connectivity index (χ0v) is 10.9. The Morgan fingerprint density at radius 2 is 1.76 bits per heavy atom. The summed E-state index contributed by atoms with van der Waals surface area (Å²) in [5.41, 5.74) is 3.86. The number of alkyl halides is 6. The molecule has 21 heavy (non-hydrogen) atoms. The van der Waals surface area contributed by atoms with Crippen LogP contribution in [0.3, 0.4) is 0 Å². The Morgan fingerprint density at radius 3 is 2.14 bits per heavy atom. The summed E-state index contributed by atoms with van der Waals surface area (Å²) in [6.07, 6.45) is -14.7. The van der Waals surface area contributed by atoms with Crippen molar-refractivity contribution in [3.63, 3.8) is 0 Å². The van der Waals surface area contributed by atoms with Gasteiger partial charge >= 0.3 is 18.3 Å². The van der Waals surface area contributed by atoms with Gasteiger partial charge in [0.2, 0.25) is 0 Å². The van der Waals surface area contributed by atoms with Crippen molar-refractivity contribution in [3.05, 3.63) is 0 Å². The van der Waals surface area contributed by atoms with Crippen molar-refractivity contribution in [2.24, 2.45) is 5.73 Å². The van der Waals surface area contributed by atoms with Gasteiger partial charge in [0.15, 0.2) is 0 Å². The number of aliphatic hydroxyl groups excluding tert-OH is 1. The molecule has 0 radical (unpaired) electrons. The van der Waals surface area contributed by atoms with Gasteiger partial charge in [-0.3, -0.25) is 0 Å². The van der Waals surface area contributed by atoms with E-state index in [-0.39, 0.29) is 0 Å². The molecule has 0 aromatic rings. The van der Waals surface area contributed by atoms with Gasteiger partial charge in [-0.1, -0.05) is 0 Å². The Hall–Kier alpha value is -1.07. The van der Waals surface area contributed by atoms with Crippen LogP contribution >= 0.6 is 0 Å². The van der Waals surface area contributed by atoms with Crippen LogP contribution in [0.5, 0.6) is 0 Å². The lowest BCUT2D eigenvalue weighted by Gasteiger charge is -2.24. The number of esters is 1. The summed E-state index contributed by atoms with van der Waals surface area (Å²) < 4.78 is 81.1. The summed E-state index contributed by atoms with van der Waals surface area (Å²) in [6.45, 7) is -1.57. The largest absolute Gasteiger partial charge is 0.461 e. The Kier molecular flexibility index (Phi) is 6.90. The lowest BCUT2D eigenvalue weighted by atomic mass is 10.1. The van der Waals surface area contributed by atoms with Crippen LogP contribution in [0.25, 0.3) is 0 Å². The molecule has 3 N–H and O–H groups in total. The number of hydrogen-bond acceptors (Lipinski definition) is 5. The standard InChI is InChI=1S/C10H15F6NO4/c1-8(17,4-18)5-21-7(19)6(10(14,15)16)20-3-2-9(11,12)13/h6,18H,2-5,17H2,1H3. The van der Waals surface area contributed by atoms with E-state index >= 15 is 0 Å². The Bertz CT molecular complexity index is 341. The maximum Gasteiger partial charge on any atom is 0.425 e. The first-order valence-corrected chi connectivity index (χ1v) is 5.60. The van der Waals surface area contributed by atoms with E-state index in [0.717, 1.165) is 0 Å². The van der Waals surface area contributed by atoms with E-state index in [0.29, 0.717) is 0 Å². The van der Waals surface area contributed by atoms with Crippen LogP contribution in [0.15, 0.2) is 0 Å². The maximum absolute atomic E-state index is 12.5. The quantitative estimate of drug-likeness (QED) is 0.541. The summed E-state index contributed by atoms with van der Waals surface area (Å²) in [4.78, 5) is 11.2. The zero-order chi connectivity index (χ0) is 16.9. The van der Waals surface area contributed by atoms with Crippen molar-refractivity contribution < 1.29 is 45.7 Å². The number of hydrogen-bond donors (Lipinski definition) is 2. The summed E-state index contributed by atoms with van der Waals surface area (Å²) in [5, 5.41) is 8.74. The topological polar surface area (TPSA) is 81.8 Å². The Morgan fingerprint density at radius 1 is 1.24 bits per heavy atom. The minimum atomic E-state index is -5.23. The molecule has 0 aromatic heterocycles. The molecule has 2 atom stereocenters. The molecule has 0 saturated heterocycles. The van der Waals surface area contributed by atoms with Crippen LogP contribution in [0.4, 0.5) is 26.3 Å². The van der Waals surface area contributed by atoms with Crippen molar-refractivity contribution in [2.45, 2.75) is 37.3 Å². The van der Waals surface area contributed by atoms with Crippen LogP contribution in [0.2, 0.25) is 0 Å². The fourth-order valence-corrected chi connectivity index (χ4v) is 0.946. The number of aliphatic hydroxyl groups is 1. The van der Waals surface area contributed by atoms with Crippen molar-refractivity contribution >= 4 is 5.97 Å². The van der Waals surface area contributed by atoms with Crippen LogP contribution in [0, 0.1) is 0 Å². The molecule has 0 fully saturated rings. The first-order valence-electron chi connectivity index (χ1n) is 5.60. The molecule has 11 heteroatoms. The first kappa shape index (κ1) is 19.9.